The summed E-state index contributed by atoms with van der Waals surface area (Å²) in [5.74, 6) is 1.47. The van der Waals surface area contributed by atoms with E-state index in [1.165, 1.54) is 12.1 Å². The zero-order valence-electron chi connectivity index (χ0n) is 16.5. The van der Waals surface area contributed by atoms with Crippen molar-refractivity contribution in [2.24, 2.45) is 5.92 Å². The molecular weight excluding hydrogens is 375 g/mol. The summed E-state index contributed by atoms with van der Waals surface area (Å²) < 4.78 is 30.5. The van der Waals surface area contributed by atoms with E-state index in [4.69, 9.17) is 14.2 Å². The maximum Gasteiger partial charge on any atom is 0.123 e. The van der Waals surface area contributed by atoms with E-state index in [0.29, 0.717) is 38.2 Å². The molecule has 0 amide bonds. The Morgan fingerprint density at radius 2 is 1.79 bits per heavy atom. The molecule has 0 aliphatic carbocycles. The number of aliphatic hydroxyl groups excluding tert-OH is 2. The Morgan fingerprint density at radius 3 is 2.55 bits per heavy atom. The summed E-state index contributed by atoms with van der Waals surface area (Å²) in [5, 5.41) is 21.2. The lowest BCUT2D eigenvalue weighted by molar-refractivity contribution is 0.0295. The van der Waals surface area contributed by atoms with Crippen LogP contribution in [0, 0.1) is 11.7 Å². The molecule has 0 radical (unpaired) electrons. The highest BCUT2D eigenvalue weighted by molar-refractivity contribution is 5.44. The fourth-order valence-electron chi connectivity index (χ4n) is 4.64. The molecule has 0 aromatic heterocycles. The molecule has 4 rings (SSSR count). The first-order chi connectivity index (χ1) is 14.1. The number of fused-ring (bicyclic) bond motifs is 2. The minimum atomic E-state index is -0.735. The van der Waals surface area contributed by atoms with Crippen LogP contribution in [0.1, 0.15) is 42.2 Å². The van der Waals surface area contributed by atoms with Crippen molar-refractivity contribution in [1.82, 2.24) is 0 Å². The molecule has 6 heteroatoms. The first-order valence-corrected chi connectivity index (χ1v) is 10.1. The van der Waals surface area contributed by atoms with Gasteiger partial charge >= 0.3 is 0 Å². The lowest BCUT2D eigenvalue weighted by Crippen LogP contribution is -2.34. The van der Waals surface area contributed by atoms with Gasteiger partial charge in [-0.15, -0.1) is 0 Å². The molecule has 2 aromatic carbocycles. The number of hydrogen-bond donors (Lipinski definition) is 2. The first kappa shape index (κ1) is 20.0. The molecule has 2 aliphatic rings. The van der Waals surface area contributed by atoms with Crippen LogP contribution in [0.4, 0.5) is 4.39 Å². The van der Waals surface area contributed by atoms with Crippen LogP contribution in [0.15, 0.2) is 36.4 Å². The molecule has 0 fully saturated rings. The van der Waals surface area contributed by atoms with Crippen molar-refractivity contribution in [3.05, 3.63) is 53.3 Å². The van der Waals surface area contributed by atoms with Gasteiger partial charge in [-0.3, -0.25) is 0 Å². The van der Waals surface area contributed by atoms with Gasteiger partial charge in [-0.1, -0.05) is 0 Å². The van der Waals surface area contributed by atoms with E-state index in [0.717, 1.165) is 22.6 Å². The van der Waals surface area contributed by atoms with Gasteiger partial charge in [0, 0.05) is 23.7 Å². The van der Waals surface area contributed by atoms with Gasteiger partial charge in [0.05, 0.1) is 26.4 Å². The van der Waals surface area contributed by atoms with Crippen molar-refractivity contribution >= 4 is 0 Å². The Bertz CT molecular complexity index is 855. The fourth-order valence-corrected chi connectivity index (χ4v) is 4.64. The van der Waals surface area contributed by atoms with Gasteiger partial charge in [0.15, 0.2) is 0 Å². The van der Waals surface area contributed by atoms with E-state index in [-0.39, 0.29) is 30.2 Å². The van der Waals surface area contributed by atoms with E-state index in [9.17, 15) is 14.6 Å². The van der Waals surface area contributed by atoms with Crippen LogP contribution in [0.2, 0.25) is 0 Å². The van der Waals surface area contributed by atoms with Gasteiger partial charge in [-0.25, -0.2) is 4.39 Å². The standard InChI is InChI=1S/C23H27FO5/c1-27-16-3-5-23-19(12-16)17(7-9-29-23)20(13-25)21(26)10-14-6-8-28-22-4-2-15(24)11-18(14)22/h2-5,11-12,14,17,20-21,25-26H,6-10,13H2,1H3. The second-order valence-corrected chi connectivity index (χ2v) is 7.81. The Morgan fingerprint density at radius 1 is 1.07 bits per heavy atom. The molecule has 0 bridgehead atoms. The topological polar surface area (TPSA) is 68.2 Å². The lowest BCUT2D eigenvalue weighted by atomic mass is 9.76. The Hall–Kier alpha value is -2.31. The smallest absolute Gasteiger partial charge is 0.123 e. The molecule has 2 aliphatic heterocycles. The minimum absolute atomic E-state index is 0.0110. The van der Waals surface area contributed by atoms with Crippen LogP contribution in [0.25, 0.3) is 0 Å². The zero-order chi connectivity index (χ0) is 20.4. The summed E-state index contributed by atoms with van der Waals surface area (Å²) in [4.78, 5) is 0. The van der Waals surface area contributed by atoms with Crippen molar-refractivity contribution in [2.45, 2.75) is 37.2 Å². The summed E-state index contributed by atoms with van der Waals surface area (Å²) in [6, 6.07) is 10.2. The average molecular weight is 402 g/mol. The Labute approximate surface area is 170 Å². The van der Waals surface area contributed by atoms with Crippen LogP contribution in [-0.2, 0) is 0 Å². The maximum absolute atomic E-state index is 13.8. The number of rotatable bonds is 6. The van der Waals surface area contributed by atoms with Gasteiger partial charge in [-0.05, 0) is 67.5 Å². The number of benzene rings is 2. The van der Waals surface area contributed by atoms with E-state index in [2.05, 4.69) is 0 Å². The monoisotopic (exact) mass is 402 g/mol. The quantitative estimate of drug-likeness (QED) is 0.772. The van der Waals surface area contributed by atoms with E-state index < -0.39 is 6.10 Å². The van der Waals surface area contributed by atoms with Gasteiger partial charge in [0.25, 0.3) is 0 Å². The van der Waals surface area contributed by atoms with Crippen LogP contribution in [-0.4, -0.2) is 43.2 Å². The van der Waals surface area contributed by atoms with Crippen LogP contribution in [0.5, 0.6) is 17.2 Å². The van der Waals surface area contributed by atoms with E-state index >= 15 is 0 Å². The summed E-state index contributed by atoms with van der Waals surface area (Å²) >= 11 is 0. The zero-order valence-corrected chi connectivity index (χ0v) is 16.5. The molecule has 0 saturated carbocycles. The van der Waals surface area contributed by atoms with Crippen LogP contribution >= 0.6 is 0 Å². The second kappa shape index (κ2) is 8.59. The van der Waals surface area contributed by atoms with E-state index in [1.54, 1.807) is 13.2 Å². The molecule has 2 heterocycles. The molecule has 4 unspecified atom stereocenters. The number of halogens is 1. The van der Waals surface area contributed by atoms with Crippen molar-refractivity contribution < 1.29 is 28.8 Å². The minimum Gasteiger partial charge on any atom is -0.497 e. The average Bonchev–Trinajstić information content (AvgIpc) is 2.74. The molecule has 0 saturated heterocycles. The molecule has 2 aromatic rings. The first-order valence-electron chi connectivity index (χ1n) is 10.1. The summed E-state index contributed by atoms with van der Waals surface area (Å²) in [6.07, 6.45) is 1.13. The number of hydrogen-bond acceptors (Lipinski definition) is 5. The third kappa shape index (κ3) is 4.05. The molecule has 2 N–H and O–H groups in total. The largest absolute Gasteiger partial charge is 0.497 e. The molecule has 5 nitrogen and oxygen atoms in total. The van der Waals surface area contributed by atoms with Crippen LogP contribution in [0.3, 0.4) is 0 Å². The molecular formula is C23H27FO5. The number of ether oxygens (including phenoxy) is 3. The molecule has 29 heavy (non-hydrogen) atoms. The Kier molecular flexibility index (Phi) is 5.92. The normalized spacial score (nSPS) is 22.5. The fraction of sp³-hybridized carbons (Fsp3) is 0.478. The summed E-state index contributed by atoms with van der Waals surface area (Å²) in [6.45, 7) is 0.942. The van der Waals surface area contributed by atoms with Gasteiger partial charge in [-0.2, -0.15) is 0 Å². The molecule has 4 atom stereocenters. The van der Waals surface area contributed by atoms with Gasteiger partial charge in [0.1, 0.15) is 23.1 Å². The van der Waals surface area contributed by atoms with Crippen molar-refractivity contribution in [1.29, 1.82) is 0 Å². The summed E-state index contributed by atoms with van der Waals surface area (Å²) in [7, 11) is 1.61. The third-order valence-corrected chi connectivity index (χ3v) is 6.19. The highest BCUT2D eigenvalue weighted by Crippen LogP contribution is 2.44. The predicted molar refractivity (Wildman–Crippen MR) is 106 cm³/mol. The van der Waals surface area contributed by atoms with Gasteiger partial charge < -0.3 is 24.4 Å². The SMILES string of the molecule is COc1ccc2c(c1)C(C(CO)C(O)CC1CCOc3ccc(F)cc31)CCO2. The highest BCUT2D eigenvalue weighted by atomic mass is 19.1. The molecule has 0 spiro atoms. The highest BCUT2D eigenvalue weighted by Gasteiger charge is 2.35. The van der Waals surface area contributed by atoms with Crippen molar-refractivity contribution in [3.63, 3.8) is 0 Å². The van der Waals surface area contributed by atoms with Crippen LogP contribution < -0.4 is 14.2 Å². The maximum atomic E-state index is 13.8. The number of methoxy groups -OCH3 is 1. The predicted octanol–water partition coefficient (Wildman–Crippen LogP) is 3.63. The van der Waals surface area contributed by atoms with Gasteiger partial charge in [0.2, 0.25) is 0 Å². The third-order valence-electron chi connectivity index (χ3n) is 6.19. The summed E-state index contributed by atoms with van der Waals surface area (Å²) in [5.41, 5.74) is 1.74. The van der Waals surface area contributed by atoms with Crippen molar-refractivity contribution in [2.75, 3.05) is 26.9 Å². The van der Waals surface area contributed by atoms with Crippen molar-refractivity contribution in [3.8, 4) is 17.2 Å². The van der Waals surface area contributed by atoms with E-state index in [1.807, 2.05) is 18.2 Å². The lowest BCUT2D eigenvalue weighted by Gasteiger charge is -2.36. The molecule has 156 valence electrons. The number of aliphatic hydroxyl groups is 2. The second-order valence-electron chi connectivity index (χ2n) is 7.81. The Balaban J connectivity index is 1.56.